The van der Waals surface area contributed by atoms with Crippen LogP contribution in [0, 0.1) is 5.41 Å². The minimum Gasteiger partial charge on any atom is -0.481 e. The maximum atomic E-state index is 12.6. The summed E-state index contributed by atoms with van der Waals surface area (Å²) < 4.78 is 5.49. The molecule has 0 radical (unpaired) electrons. The lowest BCUT2D eigenvalue weighted by Gasteiger charge is -2.25. The lowest BCUT2D eigenvalue weighted by Crippen LogP contribution is -2.46. The van der Waals surface area contributed by atoms with Crippen LogP contribution in [-0.4, -0.2) is 35.6 Å². The van der Waals surface area contributed by atoms with E-state index in [9.17, 15) is 14.4 Å². The number of ketones is 1. The van der Waals surface area contributed by atoms with Gasteiger partial charge in [-0.15, -0.1) is 0 Å². The van der Waals surface area contributed by atoms with Crippen LogP contribution in [0.4, 0.5) is 4.79 Å². The molecule has 1 atom stereocenters. The first-order chi connectivity index (χ1) is 14.2. The van der Waals surface area contributed by atoms with E-state index in [1.807, 2.05) is 36.4 Å². The Balaban J connectivity index is 1.70. The molecule has 0 heterocycles. The Hall–Kier alpha value is -3.15. The molecule has 0 saturated heterocycles. The number of carbonyl (C=O) groups is 3. The largest absolute Gasteiger partial charge is 0.481 e. The van der Waals surface area contributed by atoms with Crippen LogP contribution in [0.3, 0.4) is 0 Å². The molecule has 0 aliphatic heterocycles. The summed E-state index contributed by atoms with van der Waals surface area (Å²) in [7, 11) is 0. The predicted molar refractivity (Wildman–Crippen MR) is 113 cm³/mol. The average Bonchev–Trinajstić information content (AvgIpc) is 3.02. The highest BCUT2D eigenvalue weighted by Crippen LogP contribution is 2.44. The standard InChI is InChI=1S/C24H27NO5/c1-24(2,3)22(28)20(12-13-21(26)27)25-23(29)30-14-19-17-10-6-4-8-15(17)16-9-5-7-11-18(16)19/h4-11,19-20H,12-14H2,1-3H3,(H,25,29)(H,26,27)/t20-/m0/s1. The highest BCUT2D eigenvalue weighted by Gasteiger charge is 2.33. The number of benzene rings is 2. The van der Waals surface area contributed by atoms with Crippen molar-refractivity contribution in [2.45, 2.75) is 45.6 Å². The van der Waals surface area contributed by atoms with E-state index < -0.39 is 23.5 Å². The normalized spacial score (nSPS) is 13.8. The van der Waals surface area contributed by atoms with Crippen molar-refractivity contribution >= 4 is 17.8 Å². The van der Waals surface area contributed by atoms with Gasteiger partial charge in [-0.2, -0.15) is 0 Å². The number of Topliss-reactive ketones (excluding diaryl/α,β-unsaturated/α-hetero) is 1. The van der Waals surface area contributed by atoms with Gasteiger partial charge in [-0.1, -0.05) is 69.3 Å². The van der Waals surface area contributed by atoms with Crippen LogP contribution in [0.2, 0.25) is 0 Å². The van der Waals surface area contributed by atoms with Crippen molar-refractivity contribution in [2.24, 2.45) is 5.41 Å². The molecule has 30 heavy (non-hydrogen) atoms. The molecular weight excluding hydrogens is 382 g/mol. The van der Waals surface area contributed by atoms with Crippen LogP contribution in [-0.2, 0) is 14.3 Å². The fraction of sp³-hybridized carbons (Fsp3) is 0.375. The number of nitrogens with one attached hydrogen (secondary N) is 1. The SMILES string of the molecule is CC(C)(C)C(=O)[C@H](CCC(=O)O)NC(=O)OCC1c2ccccc2-c2ccccc21. The summed E-state index contributed by atoms with van der Waals surface area (Å²) in [6, 6.07) is 15.1. The number of alkyl carbamates (subject to hydrolysis) is 1. The molecule has 1 amide bonds. The maximum absolute atomic E-state index is 12.6. The van der Waals surface area contributed by atoms with E-state index in [1.165, 1.54) is 0 Å². The van der Waals surface area contributed by atoms with Crippen LogP contribution in [0.5, 0.6) is 0 Å². The summed E-state index contributed by atoms with van der Waals surface area (Å²) in [5.41, 5.74) is 3.74. The van der Waals surface area contributed by atoms with E-state index in [2.05, 4.69) is 17.4 Å². The van der Waals surface area contributed by atoms with Crippen molar-refractivity contribution in [1.29, 1.82) is 0 Å². The summed E-state index contributed by atoms with van der Waals surface area (Å²) in [5, 5.41) is 11.5. The van der Waals surface area contributed by atoms with Gasteiger partial charge < -0.3 is 15.2 Å². The van der Waals surface area contributed by atoms with E-state index >= 15 is 0 Å². The number of hydrogen-bond acceptors (Lipinski definition) is 4. The minimum absolute atomic E-state index is 0.0234. The molecule has 1 aliphatic carbocycles. The summed E-state index contributed by atoms with van der Waals surface area (Å²) in [6.07, 6.45) is -0.906. The van der Waals surface area contributed by atoms with Crippen molar-refractivity contribution in [3.05, 3.63) is 59.7 Å². The number of hydrogen-bond donors (Lipinski definition) is 2. The van der Waals surface area contributed by atoms with Crippen LogP contribution in [0.1, 0.15) is 50.7 Å². The fourth-order valence-electron chi connectivity index (χ4n) is 3.84. The number of rotatable bonds is 7. The molecule has 2 aromatic rings. The molecule has 2 N–H and O–H groups in total. The third-order valence-corrected chi connectivity index (χ3v) is 5.34. The van der Waals surface area contributed by atoms with E-state index in [0.717, 1.165) is 22.3 Å². The van der Waals surface area contributed by atoms with Gasteiger partial charge in [-0.05, 0) is 28.7 Å². The van der Waals surface area contributed by atoms with Gasteiger partial charge in [0.25, 0.3) is 0 Å². The third-order valence-electron chi connectivity index (χ3n) is 5.34. The van der Waals surface area contributed by atoms with Crippen LogP contribution in [0.15, 0.2) is 48.5 Å². The average molecular weight is 409 g/mol. The molecule has 2 aromatic carbocycles. The number of aliphatic carboxylic acids is 1. The van der Waals surface area contributed by atoms with E-state index in [4.69, 9.17) is 9.84 Å². The van der Waals surface area contributed by atoms with Gasteiger partial charge in [0.15, 0.2) is 5.78 Å². The third kappa shape index (κ3) is 4.70. The number of carboxylic acid groups (broad SMARTS) is 1. The Labute approximate surface area is 176 Å². The predicted octanol–water partition coefficient (Wildman–Crippen LogP) is 4.37. The molecule has 0 spiro atoms. The van der Waals surface area contributed by atoms with Crippen molar-refractivity contribution in [2.75, 3.05) is 6.61 Å². The van der Waals surface area contributed by atoms with Gasteiger partial charge in [0.2, 0.25) is 0 Å². The fourth-order valence-corrected chi connectivity index (χ4v) is 3.84. The lowest BCUT2D eigenvalue weighted by molar-refractivity contribution is -0.137. The summed E-state index contributed by atoms with van der Waals surface area (Å²) in [5.74, 6) is -1.33. The molecule has 0 unspecified atom stereocenters. The zero-order valence-corrected chi connectivity index (χ0v) is 17.5. The zero-order chi connectivity index (χ0) is 21.9. The Morgan fingerprint density at radius 3 is 2.03 bits per heavy atom. The molecular formula is C24H27NO5. The van der Waals surface area contributed by atoms with Crippen LogP contribution >= 0.6 is 0 Å². The smallest absolute Gasteiger partial charge is 0.407 e. The molecule has 1 aliphatic rings. The second-order valence-corrected chi connectivity index (χ2v) is 8.57. The lowest BCUT2D eigenvalue weighted by atomic mass is 9.85. The van der Waals surface area contributed by atoms with Gasteiger partial charge in [0.05, 0.1) is 6.04 Å². The van der Waals surface area contributed by atoms with Crippen LogP contribution < -0.4 is 5.32 Å². The molecule has 158 valence electrons. The summed E-state index contributed by atoms with van der Waals surface area (Å²) >= 11 is 0. The van der Waals surface area contributed by atoms with Crippen molar-refractivity contribution < 1.29 is 24.2 Å². The van der Waals surface area contributed by atoms with E-state index in [1.54, 1.807) is 20.8 Å². The Bertz CT molecular complexity index is 915. The van der Waals surface area contributed by atoms with Crippen molar-refractivity contribution in [1.82, 2.24) is 5.32 Å². The van der Waals surface area contributed by atoms with Crippen LogP contribution in [0.25, 0.3) is 11.1 Å². The number of carboxylic acids is 1. The van der Waals surface area contributed by atoms with Gasteiger partial charge in [-0.25, -0.2) is 4.79 Å². The second-order valence-electron chi connectivity index (χ2n) is 8.57. The zero-order valence-electron chi connectivity index (χ0n) is 17.5. The van der Waals surface area contributed by atoms with Gasteiger partial charge in [0, 0.05) is 17.8 Å². The molecule has 0 bridgehead atoms. The number of carbonyl (C=O) groups excluding carboxylic acids is 2. The van der Waals surface area contributed by atoms with Gasteiger partial charge in [0.1, 0.15) is 6.61 Å². The van der Waals surface area contributed by atoms with E-state index in [0.29, 0.717) is 0 Å². The number of ether oxygens (including phenoxy) is 1. The van der Waals surface area contributed by atoms with Gasteiger partial charge >= 0.3 is 12.1 Å². The Morgan fingerprint density at radius 2 is 1.53 bits per heavy atom. The molecule has 6 nitrogen and oxygen atoms in total. The number of fused-ring (bicyclic) bond motifs is 3. The van der Waals surface area contributed by atoms with Gasteiger partial charge in [-0.3, -0.25) is 9.59 Å². The molecule has 3 rings (SSSR count). The monoisotopic (exact) mass is 409 g/mol. The second kappa shape index (κ2) is 8.69. The molecule has 6 heteroatoms. The molecule has 0 fully saturated rings. The first kappa shape index (κ1) is 21.6. The highest BCUT2D eigenvalue weighted by atomic mass is 16.5. The first-order valence-electron chi connectivity index (χ1n) is 10.1. The Morgan fingerprint density at radius 1 is 1.00 bits per heavy atom. The summed E-state index contributed by atoms with van der Waals surface area (Å²) in [4.78, 5) is 36.1. The highest BCUT2D eigenvalue weighted by molar-refractivity contribution is 5.91. The molecule has 0 aromatic heterocycles. The first-order valence-corrected chi connectivity index (χ1v) is 10.1. The minimum atomic E-state index is -1.02. The topological polar surface area (TPSA) is 92.7 Å². The Kier molecular flexibility index (Phi) is 6.25. The summed E-state index contributed by atoms with van der Waals surface area (Å²) in [6.45, 7) is 5.35. The van der Waals surface area contributed by atoms with E-state index in [-0.39, 0.29) is 31.1 Å². The van der Waals surface area contributed by atoms with Crippen molar-refractivity contribution in [3.63, 3.8) is 0 Å². The maximum Gasteiger partial charge on any atom is 0.407 e. The number of amides is 1. The van der Waals surface area contributed by atoms with Crippen molar-refractivity contribution in [3.8, 4) is 11.1 Å². The quantitative estimate of drug-likeness (QED) is 0.708. The molecule has 0 saturated carbocycles.